The third-order valence-electron chi connectivity index (χ3n) is 1.95. The monoisotopic (exact) mass is 183 g/mol. The van der Waals surface area contributed by atoms with E-state index in [4.69, 9.17) is 10.2 Å². The van der Waals surface area contributed by atoms with Crippen molar-refractivity contribution in [1.82, 2.24) is 0 Å². The van der Waals surface area contributed by atoms with Crippen LogP contribution in [0.3, 0.4) is 0 Å². The Morgan fingerprint density at radius 3 is 2.77 bits per heavy atom. The van der Waals surface area contributed by atoms with Gasteiger partial charge in [-0.1, -0.05) is 0 Å². The maximum Gasteiger partial charge on any atom is 0.169 e. The van der Waals surface area contributed by atoms with Crippen molar-refractivity contribution in [2.75, 3.05) is 0 Å². The van der Waals surface area contributed by atoms with E-state index >= 15 is 0 Å². The molecule has 0 atom stereocenters. The molecule has 2 N–H and O–H groups in total. The number of furan rings is 1. The van der Waals surface area contributed by atoms with Gasteiger partial charge in [0.15, 0.2) is 11.4 Å². The molecule has 1 aromatic carbocycles. The molecule has 0 aliphatic heterocycles. The van der Waals surface area contributed by atoms with Crippen LogP contribution in [0.15, 0.2) is 22.8 Å². The molecule has 2 aromatic rings. The van der Waals surface area contributed by atoms with Gasteiger partial charge < -0.3 is 10.2 Å². The van der Waals surface area contributed by atoms with Gasteiger partial charge in [0, 0.05) is 23.6 Å². The Morgan fingerprint density at radius 1 is 1.31 bits per heavy atom. The van der Waals surface area contributed by atoms with Crippen molar-refractivity contribution in [3.8, 4) is 0 Å². The molecule has 0 spiro atoms. The van der Waals surface area contributed by atoms with Crippen molar-refractivity contribution < 1.29 is 13.2 Å². The van der Waals surface area contributed by atoms with Crippen LogP contribution < -0.4 is 5.73 Å². The van der Waals surface area contributed by atoms with Crippen molar-refractivity contribution in [1.29, 1.82) is 0 Å². The third kappa shape index (κ3) is 1.10. The smallest absolute Gasteiger partial charge is 0.169 e. The summed E-state index contributed by atoms with van der Waals surface area (Å²) in [5.41, 5.74) is 5.66. The lowest BCUT2D eigenvalue weighted by molar-refractivity contribution is 0.543. The largest absolute Gasteiger partial charge is 0.461 e. The zero-order chi connectivity index (χ0) is 9.42. The molecule has 13 heavy (non-hydrogen) atoms. The summed E-state index contributed by atoms with van der Waals surface area (Å²) in [5.74, 6) is -1.33. The fourth-order valence-electron chi connectivity index (χ4n) is 1.33. The van der Waals surface area contributed by atoms with Crippen LogP contribution in [-0.4, -0.2) is 0 Å². The number of fused-ring (bicyclic) bond motifs is 1. The Kier molecular flexibility index (Phi) is 1.77. The van der Waals surface area contributed by atoms with Gasteiger partial charge in [-0.15, -0.1) is 0 Å². The Morgan fingerprint density at radius 2 is 2.08 bits per heavy atom. The van der Waals surface area contributed by atoms with Gasteiger partial charge in [0.25, 0.3) is 0 Å². The maximum atomic E-state index is 13.1. The average molecular weight is 183 g/mol. The van der Waals surface area contributed by atoms with E-state index in [0.717, 1.165) is 6.07 Å². The van der Waals surface area contributed by atoms with Crippen molar-refractivity contribution in [2.24, 2.45) is 5.73 Å². The maximum absolute atomic E-state index is 13.1. The number of hydrogen-bond acceptors (Lipinski definition) is 2. The predicted octanol–water partition coefficient (Wildman–Crippen LogP) is 2.17. The molecular weight excluding hydrogens is 176 g/mol. The van der Waals surface area contributed by atoms with E-state index in [1.807, 2.05) is 0 Å². The van der Waals surface area contributed by atoms with E-state index < -0.39 is 11.6 Å². The second-order valence-corrected chi connectivity index (χ2v) is 2.69. The lowest BCUT2D eigenvalue weighted by atomic mass is 10.1. The number of hydrogen-bond donors (Lipinski definition) is 1. The highest BCUT2D eigenvalue weighted by Gasteiger charge is 2.12. The number of benzene rings is 1. The van der Waals surface area contributed by atoms with Crippen molar-refractivity contribution in [3.05, 3.63) is 35.6 Å². The molecule has 4 heteroatoms. The number of halogens is 2. The van der Waals surface area contributed by atoms with Gasteiger partial charge in [-0.2, -0.15) is 0 Å². The van der Waals surface area contributed by atoms with E-state index in [-0.39, 0.29) is 17.7 Å². The van der Waals surface area contributed by atoms with Gasteiger partial charge in [-0.05, 0) is 6.07 Å². The van der Waals surface area contributed by atoms with Gasteiger partial charge in [0.2, 0.25) is 0 Å². The third-order valence-corrected chi connectivity index (χ3v) is 1.95. The van der Waals surface area contributed by atoms with Gasteiger partial charge in [-0.25, -0.2) is 8.78 Å². The number of nitrogens with two attached hydrogens (primary N) is 1. The summed E-state index contributed by atoms with van der Waals surface area (Å²) in [5, 5.41) is 0.403. The van der Waals surface area contributed by atoms with Crippen LogP contribution in [0.4, 0.5) is 8.78 Å². The Hall–Kier alpha value is -1.42. The van der Waals surface area contributed by atoms with E-state index in [1.54, 1.807) is 0 Å². The molecule has 0 unspecified atom stereocenters. The molecule has 0 radical (unpaired) electrons. The van der Waals surface area contributed by atoms with Crippen molar-refractivity contribution >= 4 is 11.0 Å². The van der Waals surface area contributed by atoms with Crippen LogP contribution in [0, 0.1) is 11.6 Å². The van der Waals surface area contributed by atoms with Crippen LogP contribution in [-0.2, 0) is 6.54 Å². The molecule has 0 aliphatic rings. The highest BCUT2D eigenvalue weighted by Crippen LogP contribution is 2.25. The van der Waals surface area contributed by atoms with Crippen molar-refractivity contribution in [2.45, 2.75) is 6.54 Å². The summed E-state index contributed by atoms with van der Waals surface area (Å²) in [4.78, 5) is 0. The Bertz CT molecular complexity index is 450. The average Bonchev–Trinajstić information content (AvgIpc) is 2.53. The highest BCUT2D eigenvalue weighted by atomic mass is 19.1. The Balaban J connectivity index is 2.88. The van der Waals surface area contributed by atoms with Crippen LogP contribution >= 0.6 is 0 Å². The first kappa shape index (κ1) is 8.19. The summed E-state index contributed by atoms with van der Waals surface area (Å²) in [6, 6.07) is 2.29. The molecule has 0 fully saturated rings. The molecule has 0 bridgehead atoms. The molecule has 1 heterocycles. The van der Waals surface area contributed by atoms with Gasteiger partial charge in [-0.3, -0.25) is 0 Å². The molecule has 2 nitrogen and oxygen atoms in total. The van der Waals surface area contributed by atoms with E-state index in [1.165, 1.54) is 12.3 Å². The van der Waals surface area contributed by atoms with Crippen LogP contribution in [0.2, 0.25) is 0 Å². The predicted molar refractivity (Wildman–Crippen MR) is 44.0 cm³/mol. The van der Waals surface area contributed by atoms with E-state index in [0.29, 0.717) is 5.39 Å². The zero-order valence-corrected chi connectivity index (χ0v) is 6.68. The SMILES string of the molecule is NCc1c(F)cc(F)c2occc12. The minimum Gasteiger partial charge on any atom is -0.461 e. The summed E-state index contributed by atoms with van der Waals surface area (Å²) in [6.07, 6.45) is 1.31. The zero-order valence-electron chi connectivity index (χ0n) is 6.68. The summed E-state index contributed by atoms with van der Waals surface area (Å²) >= 11 is 0. The van der Waals surface area contributed by atoms with Crippen LogP contribution in [0.5, 0.6) is 0 Å². The molecule has 0 amide bonds. The lowest BCUT2D eigenvalue weighted by Crippen LogP contribution is -2.01. The van der Waals surface area contributed by atoms with Gasteiger partial charge in [0.1, 0.15) is 5.82 Å². The van der Waals surface area contributed by atoms with Gasteiger partial charge in [0.05, 0.1) is 6.26 Å². The fraction of sp³-hybridized carbons (Fsp3) is 0.111. The quantitative estimate of drug-likeness (QED) is 0.735. The minimum atomic E-state index is -0.699. The lowest BCUT2D eigenvalue weighted by Gasteiger charge is -2.01. The van der Waals surface area contributed by atoms with E-state index in [9.17, 15) is 8.78 Å². The summed E-state index contributed by atoms with van der Waals surface area (Å²) < 4.78 is 31.0. The molecule has 68 valence electrons. The first-order valence-corrected chi connectivity index (χ1v) is 3.78. The first-order valence-electron chi connectivity index (χ1n) is 3.78. The first-order chi connectivity index (χ1) is 6.24. The fourth-order valence-corrected chi connectivity index (χ4v) is 1.33. The molecule has 0 saturated carbocycles. The normalized spacial score (nSPS) is 11.0. The summed E-state index contributed by atoms with van der Waals surface area (Å²) in [6.45, 7) is 0.0299. The van der Waals surface area contributed by atoms with Crippen LogP contribution in [0.1, 0.15) is 5.56 Å². The highest BCUT2D eigenvalue weighted by molar-refractivity contribution is 5.81. The summed E-state index contributed by atoms with van der Waals surface area (Å²) in [7, 11) is 0. The Labute approximate surface area is 72.9 Å². The minimum absolute atomic E-state index is 0.0299. The molecule has 2 rings (SSSR count). The van der Waals surface area contributed by atoms with Crippen LogP contribution in [0.25, 0.3) is 11.0 Å². The second-order valence-electron chi connectivity index (χ2n) is 2.69. The van der Waals surface area contributed by atoms with E-state index in [2.05, 4.69) is 0 Å². The molecular formula is C9H7F2NO. The second kappa shape index (κ2) is 2.81. The molecule has 1 aromatic heterocycles. The van der Waals surface area contributed by atoms with Gasteiger partial charge >= 0.3 is 0 Å². The molecule has 0 saturated heterocycles. The standard InChI is InChI=1S/C9H7F2NO/c10-7-3-8(11)9-5(1-2-13-9)6(7)4-12/h1-3H,4,12H2. The molecule has 0 aliphatic carbocycles. The topological polar surface area (TPSA) is 39.2 Å². The number of rotatable bonds is 1. The van der Waals surface area contributed by atoms with Crippen molar-refractivity contribution in [3.63, 3.8) is 0 Å².